The highest BCUT2D eigenvalue weighted by atomic mass is 35.5. The maximum atomic E-state index is 13.3. The Bertz CT molecular complexity index is 877. The van der Waals surface area contributed by atoms with E-state index < -0.39 is 6.04 Å². The lowest BCUT2D eigenvalue weighted by molar-refractivity contribution is -0.140. The highest BCUT2D eigenvalue weighted by Crippen LogP contribution is 2.20. The van der Waals surface area contributed by atoms with E-state index in [0.29, 0.717) is 11.6 Å². The third-order valence-corrected chi connectivity index (χ3v) is 6.22. The van der Waals surface area contributed by atoms with E-state index in [1.165, 1.54) is 6.42 Å². The standard InChI is InChI=1S/C25H31ClN2O2/c1-18-9-8-10-20(15-18)17-28(24(29)16-21-11-6-7-14-23(21)26)19(2)25(30)27-22-12-4-3-5-13-22/h6-11,14-15,19,22H,3-5,12-13,16-17H2,1-2H3,(H,27,30)/t19-/m0/s1. The zero-order valence-electron chi connectivity index (χ0n) is 17.9. The average Bonchev–Trinajstić information content (AvgIpc) is 2.74. The van der Waals surface area contributed by atoms with Gasteiger partial charge in [0, 0.05) is 17.6 Å². The van der Waals surface area contributed by atoms with Gasteiger partial charge in [-0.15, -0.1) is 0 Å². The van der Waals surface area contributed by atoms with Gasteiger partial charge in [-0.25, -0.2) is 0 Å². The van der Waals surface area contributed by atoms with E-state index >= 15 is 0 Å². The molecule has 0 saturated heterocycles. The molecule has 0 aliphatic heterocycles. The number of hydrogen-bond acceptors (Lipinski definition) is 2. The monoisotopic (exact) mass is 426 g/mol. The molecule has 2 amide bonds. The number of benzene rings is 2. The van der Waals surface area contributed by atoms with Crippen molar-refractivity contribution >= 4 is 23.4 Å². The minimum absolute atomic E-state index is 0.0814. The first-order valence-corrected chi connectivity index (χ1v) is 11.2. The van der Waals surface area contributed by atoms with Gasteiger partial charge in [-0.3, -0.25) is 9.59 Å². The SMILES string of the molecule is Cc1cccc(CN(C(=O)Cc2ccccc2Cl)[C@@H](C)C(=O)NC2CCCCC2)c1. The zero-order valence-corrected chi connectivity index (χ0v) is 18.6. The lowest BCUT2D eigenvalue weighted by Gasteiger charge is -2.31. The highest BCUT2D eigenvalue weighted by Gasteiger charge is 2.28. The van der Waals surface area contributed by atoms with Gasteiger partial charge in [0.2, 0.25) is 11.8 Å². The van der Waals surface area contributed by atoms with Crippen LogP contribution in [0.25, 0.3) is 0 Å². The van der Waals surface area contributed by atoms with Crippen molar-refractivity contribution in [2.45, 2.75) is 71.0 Å². The van der Waals surface area contributed by atoms with E-state index in [4.69, 9.17) is 11.6 Å². The van der Waals surface area contributed by atoms with Crippen LogP contribution < -0.4 is 5.32 Å². The average molecular weight is 427 g/mol. The van der Waals surface area contributed by atoms with Crippen LogP contribution in [-0.4, -0.2) is 28.8 Å². The number of rotatable bonds is 7. The Morgan fingerprint density at radius 2 is 1.83 bits per heavy atom. The molecule has 0 radical (unpaired) electrons. The Hall–Kier alpha value is -2.33. The fourth-order valence-electron chi connectivity index (χ4n) is 4.06. The molecule has 1 aliphatic carbocycles. The Kier molecular flexibility index (Phi) is 7.92. The lowest BCUT2D eigenvalue weighted by Crippen LogP contribution is -2.50. The molecule has 1 N–H and O–H groups in total. The largest absolute Gasteiger partial charge is 0.352 e. The summed E-state index contributed by atoms with van der Waals surface area (Å²) in [4.78, 5) is 28.0. The molecular weight excluding hydrogens is 396 g/mol. The summed E-state index contributed by atoms with van der Waals surface area (Å²) in [6.07, 6.45) is 5.74. The summed E-state index contributed by atoms with van der Waals surface area (Å²) < 4.78 is 0. The Labute approximate surface area is 184 Å². The fourth-order valence-corrected chi connectivity index (χ4v) is 4.27. The summed E-state index contributed by atoms with van der Waals surface area (Å²) in [6.45, 7) is 4.24. The molecule has 5 heteroatoms. The van der Waals surface area contributed by atoms with Gasteiger partial charge in [-0.1, -0.05) is 78.9 Å². The smallest absolute Gasteiger partial charge is 0.242 e. The first-order chi connectivity index (χ1) is 14.4. The number of nitrogens with one attached hydrogen (secondary N) is 1. The van der Waals surface area contributed by atoms with Crippen LogP contribution in [0.1, 0.15) is 55.7 Å². The molecule has 0 aromatic heterocycles. The van der Waals surface area contributed by atoms with E-state index in [2.05, 4.69) is 11.4 Å². The molecule has 3 rings (SSSR count). The van der Waals surface area contributed by atoms with Gasteiger partial charge in [0.15, 0.2) is 0 Å². The van der Waals surface area contributed by atoms with Gasteiger partial charge in [-0.2, -0.15) is 0 Å². The van der Waals surface area contributed by atoms with Crippen LogP contribution in [0.15, 0.2) is 48.5 Å². The third kappa shape index (κ3) is 6.09. The van der Waals surface area contributed by atoms with Crippen LogP contribution in [0.4, 0.5) is 0 Å². The molecule has 1 aliphatic rings. The normalized spacial score (nSPS) is 15.4. The predicted octanol–water partition coefficient (Wildman–Crippen LogP) is 5.06. The number of nitrogens with zero attached hydrogens (tertiary/aromatic N) is 1. The van der Waals surface area contributed by atoms with E-state index in [1.807, 2.05) is 50.2 Å². The maximum absolute atomic E-state index is 13.3. The van der Waals surface area contributed by atoms with Crippen LogP contribution in [0.2, 0.25) is 5.02 Å². The maximum Gasteiger partial charge on any atom is 0.242 e. The molecule has 0 bridgehead atoms. The van der Waals surface area contributed by atoms with Gasteiger partial charge >= 0.3 is 0 Å². The van der Waals surface area contributed by atoms with Crippen LogP contribution in [0, 0.1) is 6.92 Å². The van der Waals surface area contributed by atoms with Crippen molar-refractivity contribution in [3.8, 4) is 0 Å². The van der Waals surface area contributed by atoms with E-state index in [0.717, 1.165) is 42.4 Å². The third-order valence-electron chi connectivity index (χ3n) is 5.85. The predicted molar refractivity (Wildman–Crippen MR) is 121 cm³/mol. The molecule has 4 nitrogen and oxygen atoms in total. The Morgan fingerprint density at radius 1 is 1.10 bits per heavy atom. The second-order valence-electron chi connectivity index (χ2n) is 8.30. The summed E-state index contributed by atoms with van der Waals surface area (Å²) >= 11 is 6.27. The second-order valence-corrected chi connectivity index (χ2v) is 8.71. The quantitative estimate of drug-likeness (QED) is 0.672. The molecule has 2 aromatic rings. The molecule has 0 heterocycles. The Balaban J connectivity index is 1.77. The molecule has 1 fully saturated rings. The summed E-state index contributed by atoms with van der Waals surface area (Å²) in [5, 5.41) is 3.74. The minimum atomic E-state index is -0.553. The summed E-state index contributed by atoms with van der Waals surface area (Å²) in [5.74, 6) is -0.182. The molecule has 1 atom stereocenters. The van der Waals surface area contributed by atoms with Gasteiger partial charge in [0.25, 0.3) is 0 Å². The summed E-state index contributed by atoms with van der Waals surface area (Å²) in [5.41, 5.74) is 2.92. The second kappa shape index (κ2) is 10.6. The number of carbonyl (C=O) groups excluding carboxylic acids is 2. The first kappa shape index (κ1) is 22.4. The van der Waals surface area contributed by atoms with Crippen molar-refractivity contribution in [1.29, 1.82) is 0 Å². The number of halogens is 1. The molecular formula is C25H31ClN2O2. The van der Waals surface area contributed by atoms with Crippen LogP contribution in [0.3, 0.4) is 0 Å². The van der Waals surface area contributed by atoms with Gasteiger partial charge in [0.1, 0.15) is 6.04 Å². The summed E-state index contributed by atoms with van der Waals surface area (Å²) in [7, 11) is 0. The van der Waals surface area contributed by atoms with Crippen LogP contribution >= 0.6 is 11.6 Å². The van der Waals surface area contributed by atoms with Crippen molar-refractivity contribution in [3.05, 3.63) is 70.2 Å². The van der Waals surface area contributed by atoms with E-state index in [-0.39, 0.29) is 24.3 Å². The van der Waals surface area contributed by atoms with Gasteiger partial charge in [0.05, 0.1) is 6.42 Å². The first-order valence-electron chi connectivity index (χ1n) is 10.8. The van der Waals surface area contributed by atoms with Crippen molar-refractivity contribution < 1.29 is 9.59 Å². The van der Waals surface area contributed by atoms with Crippen LogP contribution in [-0.2, 0) is 22.6 Å². The van der Waals surface area contributed by atoms with Crippen molar-refractivity contribution in [1.82, 2.24) is 10.2 Å². The lowest BCUT2D eigenvalue weighted by atomic mass is 9.95. The molecule has 0 unspecified atom stereocenters. The minimum Gasteiger partial charge on any atom is -0.352 e. The topological polar surface area (TPSA) is 49.4 Å². The van der Waals surface area contributed by atoms with Crippen molar-refractivity contribution in [2.24, 2.45) is 0 Å². The molecule has 0 spiro atoms. The number of amides is 2. The molecule has 30 heavy (non-hydrogen) atoms. The fraction of sp³-hybridized carbons (Fsp3) is 0.440. The molecule has 2 aromatic carbocycles. The van der Waals surface area contributed by atoms with Crippen LogP contribution in [0.5, 0.6) is 0 Å². The zero-order chi connectivity index (χ0) is 21.5. The molecule has 160 valence electrons. The number of hydrogen-bond donors (Lipinski definition) is 1. The van der Waals surface area contributed by atoms with Crippen molar-refractivity contribution in [3.63, 3.8) is 0 Å². The van der Waals surface area contributed by atoms with Gasteiger partial charge < -0.3 is 10.2 Å². The van der Waals surface area contributed by atoms with Crippen molar-refractivity contribution in [2.75, 3.05) is 0 Å². The number of aryl methyl sites for hydroxylation is 1. The highest BCUT2D eigenvalue weighted by molar-refractivity contribution is 6.31. The van der Waals surface area contributed by atoms with E-state index in [1.54, 1.807) is 11.0 Å². The molecule has 1 saturated carbocycles. The number of carbonyl (C=O) groups is 2. The van der Waals surface area contributed by atoms with E-state index in [9.17, 15) is 9.59 Å². The summed E-state index contributed by atoms with van der Waals surface area (Å²) in [6, 6.07) is 15.1. The van der Waals surface area contributed by atoms with Gasteiger partial charge in [-0.05, 0) is 43.9 Å². The Morgan fingerprint density at radius 3 is 2.53 bits per heavy atom.